The van der Waals surface area contributed by atoms with E-state index in [9.17, 15) is 0 Å². The second-order valence-corrected chi connectivity index (χ2v) is 19.7. The number of rotatable bonds is 9. The largest absolute Gasteiger partial charge is 0.311 e. The van der Waals surface area contributed by atoms with Gasteiger partial charge in [-0.25, -0.2) is 0 Å². The van der Waals surface area contributed by atoms with Gasteiger partial charge in [-0.2, -0.15) is 0 Å². The first-order chi connectivity index (χ1) is 27.8. The van der Waals surface area contributed by atoms with Gasteiger partial charge in [-0.15, -0.1) is 22.7 Å². The fourth-order valence-corrected chi connectivity index (χ4v) is 9.35. The SMILES string of the molecule is Cc1ccc(N(c2ccc(-c3ccc(N(c4ccc(-c5ccc(-c6ccc(C)s6)s5)cc4)c4ccc(C(C)(C)C)cc4)cc3)cc2)c2ccc(C(C)(C)C)cc2)cc1. The molecule has 2 heterocycles. The van der Waals surface area contributed by atoms with E-state index in [0.29, 0.717) is 0 Å². The van der Waals surface area contributed by atoms with Crippen LogP contribution in [0.15, 0.2) is 170 Å². The van der Waals surface area contributed by atoms with Crippen LogP contribution in [0.2, 0.25) is 0 Å². The van der Waals surface area contributed by atoms with E-state index in [1.165, 1.54) is 52.9 Å². The monoisotopic (exact) mass is 792 g/mol. The molecule has 0 saturated carbocycles. The lowest BCUT2D eigenvalue weighted by Gasteiger charge is -2.27. The fourth-order valence-electron chi connectivity index (χ4n) is 7.38. The van der Waals surface area contributed by atoms with E-state index in [-0.39, 0.29) is 10.8 Å². The van der Waals surface area contributed by atoms with Crippen LogP contribution in [0.5, 0.6) is 0 Å². The summed E-state index contributed by atoms with van der Waals surface area (Å²) in [6.45, 7) is 17.9. The Balaban J connectivity index is 1.09. The Hall–Kier alpha value is -5.68. The maximum Gasteiger partial charge on any atom is 0.0462 e. The smallest absolute Gasteiger partial charge is 0.0462 e. The van der Waals surface area contributed by atoms with Crippen molar-refractivity contribution in [2.45, 2.75) is 66.2 Å². The molecule has 0 spiro atoms. The first-order valence-electron chi connectivity index (χ1n) is 20.2. The highest BCUT2D eigenvalue weighted by atomic mass is 32.1. The molecule has 0 radical (unpaired) electrons. The van der Waals surface area contributed by atoms with Crippen LogP contribution in [0, 0.1) is 13.8 Å². The van der Waals surface area contributed by atoms with Crippen molar-refractivity contribution in [1.82, 2.24) is 0 Å². The Morgan fingerprint density at radius 2 is 0.621 bits per heavy atom. The Morgan fingerprint density at radius 1 is 0.310 bits per heavy atom. The molecule has 58 heavy (non-hydrogen) atoms. The van der Waals surface area contributed by atoms with Crippen LogP contribution in [0.25, 0.3) is 31.3 Å². The van der Waals surface area contributed by atoms with Gasteiger partial charge in [-0.3, -0.25) is 0 Å². The van der Waals surface area contributed by atoms with Crippen molar-refractivity contribution >= 4 is 56.8 Å². The Morgan fingerprint density at radius 3 is 0.983 bits per heavy atom. The second kappa shape index (κ2) is 15.9. The molecule has 0 aliphatic rings. The van der Waals surface area contributed by atoms with Gasteiger partial charge in [0.05, 0.1) is 0 Å². The fraction of sp³-hybridized carbons (Fsp3) is 0.185. The standard InChI is InChI=1S/C54H52N2S2/c1-37-9-22-44(23-10-37)55(48-30-18-42(19-31-48)53(3,4)5)45-24-12-39(13-25-45)40-14-26-46(27-15-40)56(49-32-20-43(21-33-49)54(6,7)8)47-28-16-41(17-29-47)50-35-36-52(58-50)51-34-11-38(2)57-51/h9-36H,1-8H3. The molecule has 0 bridgehead atoms. The van der Waals surface area contributed by atoms with Gasteiger partial charge in [0.15, 0.2) is 0 Å². The third-order valence-electron chi connectivity index (χ3n) is 10.9. The molecule has 0 fully saturated rings. The number of hydrogen-bond acceptors (Lipinski definition) is 4. The predicted octanol–water partition coefficient (Wildman–Crippen LogP) is 17.0. The van der Waals surface area contributed by atoms with Gasteiger partial charge in [0.1, 0.15) is 0 Å². The topological polar surface area (TPSA) is 6.48 Å². The number of hydrogen-bond donors (Lipinski definition) is 0. The molecular formula is C54H52N2S2. The van der Waals surface area contributed by atoms with Crippen LogP contribution in [0.4, 0.5) is 34.1 Å². The van der Waals surface area contributed by atoms with Crippen LogP contribution in [-0.4, -0.2) is 0 Å². The van der Waals surface area contributed by atoms with Crippen LogP contribution in [-0.2, 0) is 10.8 Å². The molecule has 290 valence electrons. The predicted molar refractivity (Wildman–Crippen MR) is 255 cm³/mol. The summed E-state index contributed by atoms with van der Waals surface area (Å²) in [7, 11) is 0. The molecular weight excluding hydrogens is 741 g/mol. The lowest BCUT2D eigenvalue weighted by Crippen LogP contribution is -2.13. The quantitative estimate of drug-likeness (QED) is 0.144. The van der Waals surface area contributed by atoms with E-state index in [4.69, 9.17) is 0 Å². The van der Waals surface area contributed by atoms with Crippen molar-refractivity contribution in [3.63, 3.8) is 0 Å². The molecule has 0 N–H and O–H groups in total. The van der Waals surface area contributed by atoms with Gasteiger partial charge in [-0.1, -0.05) is 120 Å². The maximum absolute atomic E-state index is 2.36. The zero-order chi connectivity index (χ0) is 40.6. The third kappa shape index (κ3) is 8.45. The van der Waals surface area contributed by atoms with Crippen molar-refractivity contribution in [2.75, 3.05) is 9.80 Å². The van der Waals surface area contributed by atoms with E-state index in [1.54, 1.807) is 0 Å². The zero-order valence-electron chi connectivity index (χ0n) is 34.9. The molecule has 0 saturated heterocycles. The van der Waals surface area contributed by atoms with E-state index < -0.39 is 0 Å². The molecule has 0 unspecified atom stereocenters. The highest BCUT2D eigenvalue weighted by molar-refractivity contribution is 7.23. The number of anilines is 6. The van der Waals surface area contributed by atoms with Gasteiger partial charge in [-0.05, 0) is 150 Å². The highest BCUT2D eigenvalue weighted by Gasteiger charge is 2.19. The minimum Gasteiger partial charge on any atom is -0.311 e. The molecule has 4 heteroatoms. The van der Waals surface area contributed by atoms with E-state index in [2.05, 4.69) is 235 Å². The summed E-state index contributed by atoms with van der Waals surface area (Å²) in [6, 6.07) is 62.8. The molecule has 0 aliphatic heterocycles. The van der Waals surface area contributed by atoms with E-state index >= 15 is 0 Å². The Bertz CT molecular complexity index is 2600. The van der Waals surface area contributed by atoms with Gasteiger partial charge in [0, 0.05) is 53.6 Å². The highest BCUT2D eigenvalue weighted by Crippen LogP contribution is 2.42. The van der Waals surface area contributed by atoms with Crippen molar-refractivity contribution in [3.05, 3.63) is 191 Å². The summed E-state index contributed by atoms with van der Waals surface area (Å²) in [5.74, 6) is 0. The molecule has 6 aromatic carbocycles. The Labute approximate surface area is 353 Å². The Kier molecular flexibility index (Phi) is 10.8. The van der Waals surface area contributed by atoms with Crippen LogP contribution in [0.1, 0.15) is 63.1 Å². The summed E-state index contributed by atoms with van der Waals surface area (Å²) < 4.78 is 0. The summed E-state index contributed by atoms with van der Waals surface area (Å²) in [5.41, 5.74) is 14.5. The minimum absolute atomic E-state index is 0.0810. The van der Waals surface area contributed by atoms with Crippen molar-refractivity contribution in [2.24, 2.45) is 0 Å². The first kappa shape index (κ1) is 39.2. The van der Waals surface area contributed by atoms with Gasteiger partial charge >= 0.3 is 0 Å². The van der Waals surface area contributed by atoms with Crippen LogP contribution in [0.3, 0.4) is 0 Å². The molecule has 2 aromatic heterocycles. The van der Waals surface area contributed by atoms with Gasteiger partial charge < -0.3 is 9.80 Å². The lowest BCUT2D eigenvalue weighted by molar-refractivity contribution is 0.590. The average Bonchev–Trinajstić information content (AvgIpc) is 3.89. The molecule has 0 atom stereocenters. The first-order valence-corrected chi connectivity index (χ1v) is 21.8. The van der Waals surface area contributed by atoms with Crippen LogP contribution < -0.4 is 9.80 Å². The number of aryl methyl sites for hydroxylation is 2. The molecule has 8 aromatic rings. The van der Waals surface area contributed by atoms with E-state index in [0.717, 1.165) is 34.1 Å². The second-order valence-electron chi connectivity index (χ2n) is 17.3. The number of nitrogens with zero attached hydrogens (tertiary/aromatic N) is 2. The third-order valence-corrected chi connectivity index (χ3v) is 13.2. The van der Waals surface area contributed by atoms with E-state index in [1.807, 2.05) is 22.7 Å². The normalized spacial score (nSPS) is 11.8. The lowest BCUT2D eigenvalue weighted by atomic mass is 9.87. The summed E-state index contributed by atoms with van der Waals surface area (Å²) >= 11 is 3.71. The van der Waals surface area contributed by atoms with Crippen molar-refractivity contribution < 1.29 is 0 Å². The van der Waals surface area contributed by atoms with Gasteiger partial charge in [0.2, 0.25) is 0 Å². The molecule has 8 rings (SSSR count). The summed E-state index contributed by atoms with van der Waals surface area (Å²) in [4.78, 5) is 9.98. The summed E-state index contributed by atoms with van der Waals surface area (Å²) in [5, 5.41) is 0. The van der Waals surface area contributed by atoms with Crippen molar-refractivity contribution in [1.29, 1.82) is 0 Å². The molecule has 0 aliphatic carbocycles. The zero-order valence-corrected chi connectivity index (χ0v) is 36.5. The van der Waals surface area contributed by atoms with Crippen LogP contribution >= 0.6 is 22.7 Å². The minimum atomic E-state index is 0.0810. The van der Waals surface area contributed by atoms with Crippen molar-refractivity contribution in [3.8, 4) is 31.3 Å². The average molecular weight is 793 g/mol. The summed E-state index contributed by atoms with van der Waals surface area (Å²) in [6.07, 6.45) is 0. The number of benzene rings is 6. The number of thiophene rings is 2. The van der Waals surface area contributed by atoms with Gasteiger partial charge in [0.25, 0.3) is 0 Å². The molecule has 2 nitrogen and oxygen atoms in total. The molecule has 0 amide bonds. The maximum atomic E-state index is 2.36.